The highest BCUT2D eigenvalue weighted by atomic mass is 79.9. The van der Waals surface area contributed by atoms with Crippen molar-refractivity contribution in [2.75, 3.05) is 5.32 Å². The van der Waals surface area contributed by atoms with E-state index in [1.54, 1.807) is 11.3 Å². The van der Waals surface area contributed by atoms with Gasteiger partial charge in [0, 0.05) is 19.5 Å². The molecule has 1 N–H and O–H groups in total. The zero-order valence-corrected chi connectivity index (χ0v) is 18.9. The Morgan fingerprint density at radius 2 is 2.07 bits per heavy atom. The Morgan fingerprint density at radius 3 is 2.74 bits per heavy atom. The third-order valence-corrected chi connectivity index (χ3v) is 7.11. The minimum absolute atomic E-state index is 0.187. The van der Waals surface area contributed by atoms with Gasteiger partial charge in [-0.25, -0.2) is 9.78 Å². The average molecular weight is 511 g/mol. The van der Waals surface area contributed by atoms with Crippen LogP contribution in [-0.4, -0.2) is 21.6 Å². The number of carbonyl (C=O) groups is 1. The number of hydrogen-bond acceptors (Lipinski definition) is 5. The van der Waals surface area contributed by atoms with Crippen LogP contribution < -0.4 is 5.32 Å². The van der Waals surface area contributed by atoms with Gasteiger partial charge in [0.2, 0.25) is 5.95 Å². The summed E-state index contributed by atoms with van der Waals surface area (Å²) in [5, 5.41) is 5.31. The van der Waals surface area contributed by atoms with E-state index in [1.165, 1.54) is 0 Å². The Bertz CT molecular complexity index is 1070. The molecule has 27 heavy (non-hydrogen) atoms. The van der Waals surface area contributed by atoms with E-state index in [0.717, 1.165) is 30.6 Å². The van der Waals surface area contributed by atoms with Crippen LogP contribution in [0.1, 0.15) is 31.7 Å². The maximum atomic E-state index is 12.9. The Balaban J connectivity index is 1.96. The molecule has 0 radical (unpaired) electrons. The van der Waals surface area contributed by atoms with Gasteiger partial charge in [0.1, 0.15) is 6.04 Å². The predicted molar refractivity (Wildman–Crippen MR) is 115 cm³/mol. The summed E-state index contributed by atoms with van der Waals surface area (Å²) in [6.45, 7) is 5.61. The van der Waals surface area contributed by atoms with Crippen molar-refractivity contribution >= 4 is 66.1 Å². The number of hydrogen-bond donors (Lipinski definition) is 1. The molecule has 4 rings (SSSR count). The van der Waals surface area contributed by atoms with Crippen molar-refractivity contribution < 1.29 is 9.53 Å². The van der Waals surface area contributed by atoms with Crippen LogP contribution in [0.25, 0.3) is 11.0 Å². The number of nitrogens with zero attached hydrogens (tertiary/aromatic N) is 2. The third-order valence-electron chi connectivity index (χ3n) is 4.34. The number of anilines is 1. The lowest BCUT2D eigenvalue weighted by Crippen LogP contribution is -2.29. The SMILES string of the molecule is CC1=C(C(=O)OC(C)C)C(c2cccs2)n2c(nc3cc(Br)c(Br)cc32)N1. The maximum absolute atomic E-state index is 12.9. The Hall–Kier alpha value is -1.64. The fourth-order valence-electron chi connectivity index (χ4n) is 3.27. The summed E-state index contributed by atoms with van der Waals surface area (Å²) in [6, 6.07) is 7.74. The van der Waals surface area contributed by atoms with E-state index in [4.69, 9.17) is 9.72 Å². The second-order valence-corrected chi connectivity index (χ2v) is 9.28. The lowest BCUT2D eigenvalue weighted by molar-refractivity contribution is -0.143. The van der Waals surface area contributed by atoms with E-state index in [-0.39, 0.29) is 18.1 Å². The fraction of sp³-hybridized carbons (Fsp3) is 0.263. The molecule has 0 bridgehead atoms. The van der Waals surface area contributed by atoms with Gasteiger partial charge in [-0.3, -0.25) is 4.57 Å². The smallest absolute Gasteiger partial charge is 0.338 e. The van der Waals surface area contributed by atoms with Gasteiger partial charge in [-0.05, 0) is 76.2 Å². The molecular weight excluding hydrogens is 494 g/mol. The minimum Gasteiger partial charge on any atom is -0.459 e. The quantitative estimate of drug-likeness (QED) is 0.448. The molecule has 1 aliphatic heterocycles. The summed E-state index contributed by atoms with van der Waals surface area (Å²) in [4.78, 5) is 18.7. The van der Waals surface area contributed by atoms with Crippen LogP contribution in [0.2, 0.25) is 0 Å². The van der Waals surface area contributed by atoms with Gasteiger partial charge in [-0.1, -0.05) is 6.07 Å². The summed E-state index contributed by atoms with van der Waals surface area (Å²) in [5.74, 6) is 0.407. The first-order chi connectivity index (χ1) is 12.9. The molecule has 1 aliphatic rings. The summed E-state index contributed by atoms with van der Waals surface area (Å²) < 4.78 is 9.49. The Morgan fingerprint density at radius 1 is 1.33 bits per heavy atom. The first-order valence-electron chi connectivity index (χ1n) is 8.46. The minimum atomic E-state index is -0.308. The number of halogens is 2. The number of benzene rings is 1. The van der Waals surface area contributed by atoms with Crippen molar-refractivity contribution in [1.82, 2.24) is 9.55 Å². The number of ether oxygens (including phenoxy) is 1. The lowest BCUT2D eigenvalue weighted by Gasteiger charge is -2.29. The number of esters is 1. The highest BCUT2D eigenvalue weighted by molar-refractivity contribution is 9.13. The van der Waals surface area contributed by atoms with Crippen molar-refractivity contribution in [2.24, 2.45) is 0 Å². The van der Waals surface area contributed by atoms with E-state index < -0.39 is 0 Å². The highest BCUT2D eigenvalue weighted by Crippen LogP contribution is 2.42. The molecule has 5 nitrogen and oxygen atoms in total. The summed E-state index contributed by atoms with van der Waals surface area (Å²) >= 11 is 8.73. The highest BCUT2D eigenvalue weighted by Gasteiger charge is 2.36. The first-order valence-corrected chi connectivity index (χ1v) is 10.9. The molecule has 1 unspecified atom stereocenters. The largest absolute Gasteiger partial charge is 0.459 e. The van der Waals surface area contributed by atoms with E-state index in [0.29, 0.717) is 11.5 Å². The van der Waals surface area contributed by atoms with Crippen LogP contribution in [0.3, 0.4) is 0 Å². The molecule has 3 aromatic rings. The third kappa shape index (κ3) is 3.23. The van der Waals surface area contributed by atoms with Crippen molar-refractivity contribution in [3.05, 3.63) is 54.7 Å². The van der Waals surface area contributed by atoms with Crippen molar-refractivity contribution in [3.8, 4) is 0 Å². The van der Waals surface area contributed by atoms with Crippen LogP contribution in [-0.2, 0) is 9.53 Å². The van der Waals surface area contributed by atoms with E-state index in [9.17, 15) is 4.79 Å². The number of allylic oxidation sites excluding steroid dienone is 1. The van der Waals surface area contributed by atoms with Gasteiger partial charge in [-0.2, -0.15) is 0 Å². The van der Waals surface area contributed by atoms with Crippen LogP contribution >= 0.6 is 43.2 Å². The molecule has 0 saturated heterocycles. The molecule has 0 fully saturated rings. The first kappa shape index (κ1) is 18.7. The number of aromatic nitrogens is 2. The van der Waals surface area contributed by atoms with Crippen LogP contribution in [0.4, 0.5) is 5.95 Å². The average Bonchev–Trinajstić information content (AvgIpc) is 3.21. The molecular formula is C19H17Br2N3O2S. The number of imidazole rings is 1. The van der Waals surface area contributed by atoms with E-state index >= 15 is 0 Å². The number of thiophene rings is 1. The predicted octanol–water partition coefficient (Wildman–Crippen LogP) is 5.86. The molecule has 0 spiro atoms. The van der Waals surface area contributed by atoms with Crippen molar-refractivity contribution in [2.45, 2.75) is 32.9 Å². The molecule has 8 heteroatoms. The molecule has 0 amide bonds. The van der Waals surface area contributed by atoms with E-state index in [1.807, 2.05) is 50.4 Å². The second-order valence-electron chi connectivity index (χ2n) is 6.60. The van der Waals surface area contributed by atoms with Gasteiger partial charge >= 0.3 is 5.97 Å². The van der Waals surface area contributed by atoms with Crippen LogP contribution in [0.5, 0.6) is 0 Å². The molecule has 0 saturated carbocycles. The van der Waals surface area contributed by atoms with Gasteiger partial charge in [0.05, 0.1) is 22.7 Å². The summed E-state index contributed by atoms with van der Waals surface area (Å²) in [7, 11) is 0. The molecule has 1 aromatic carbocycles. The fourth-order valence-corrected chi connectivity index (χ4v) is 4.75. The summed E-state index contributed by atoms with van der Waals surface area (Å²) in [6.07, 6.45) is -0.187. The monoisotopic (exact) mass is 509 g/mol. The second kappa shape index (κ2) is 7.07. The number of carbonyl (C=O) groups excluding carboxylic acids is 1. The molecule has 2 aromatic heterocycles. The van der Waals surface area contributed by atoms with Gasteiger partial charge in [0.25, 0.3) is 0 Å². The number of fused-ring (bicyclic) bond motifs is 3. The Kier molecular flexibility index (Phi) is 4.90. The molecule has 3 heterocycles. The molecule has 140 valence electrons. The van der Waals surface area contributed by atoms with E-state index in [2.05, 4.69) is 41.7 Å². The lowest BCUT2D eigenvalue weighted by atomic mass is 10.0. The number of rotatable bonds is 3. The number of nitrogens with one attached hydrogen (secondary N) is 1. The molecule has 0 aliphatic carbocycles. The van der Waals surface area contributed by atoms with Crippen LogP contribution in [0.15, 0.2) is 49.9 Å². The Labute approximate surface area is 177 Å². The molecule has 1 atom stereocenters. The van der Waals surface area contributed by atoms with Gasteiger partial charge < -0.3 is 10.1 Å². The van der Waals surface area contributed by atoms with Crippen molar-refractivity contribution in [1.29, 1.82) is 0 Å². The standard InChI is InChI=1S/C19H17Br2N3O2S/c1-9(2)26-18(25)16-10(3)22-19-23-13-7-11(20)12(21)8-14(13)24(19)17(16)15-5-4-6-27-15/h4-9,17H,1-3H3,(H,22,23). The van der Waals surface area contributed by atoms with Crippen molar-refractivity contribution in [3.63, 3.8) is 0 Å². The van der Waals surface area contributed by atoms with Crippen LogP contribution in [0, 0.1) is 0 Å². The van der Waals surface area contributed by atoms with Gasteiger partial charge in [0.15, 0.2) is 0 Å². The normalized spacial score (nSPS) is 16.6. The maximum Gasteiger partial charge on any atom is 0.338 e. The zero-order chi connectivity index (χ0) is 19.3. The summed E-state index contributed by atoms with van der Waals surface area (Å²) in [5.41, 5.74) is 3.16. The van der Waals surface area contributed by atoms with Gasteiger partial charge in [-0.15, -0.1) is 11.3 Å². The topological polar surface area (TPSA) is 56.2 Å². The zero-order valence-electron chi connectivity index (χ0n) is 14.9.